The van der Waals surface area contributed by atoms with Crippen LogP contribution in [0.15, 0.2) is 24.3 Å². The molecule has 1 aromatic heterocycles. The molecule has 0 saturated carbocycles. The van der Waals surface area contributed by atoms with Crippen LogP contribution in [0.4, 0.5) is 11.8 Å². The Hall–Kier alpha value is -2.01. The van der Waals surface area contributed by atoms with Crippen molar-refractivity contribution in [3.8, 4) is 11.6 Å². The van der Waals surface area contributed by atoms with Crippen LogP contribution in [0.1, 0.15) is 5.56 Å². The van der Waals surface area contributed by atoms with Crippen molar-refractivity contribution in [3.63, 3.8) is 0 Å². The van der Waals surface area contributed by atoms with Crippen LogP contribution >= 0.6 is 11.6 Å². The van der Waals surface area contributed by atoms with E-state index in [2.05, 4.69) is 9.97 Å². The Labute approximate surface area is 103 Å². The van der Waals surface area contributed by atoms with Crippen LogP contribution in [0.5, 0.6) is 11.6 Å². The molecular weight excluding hydrogens is 240 g/mol. The van der Waals surface area contributed by atoms with E-state index >= 15 is 0 Å². The highest BCUT2D eigenvalue weighted by atomic mass is 35.5. The third-order valence-corrected chi connectivity index (χ3v) is 2.34. The number of nitrogens with two attached hydrogens (primary N) is 2. The quantitative estimate of drug-likeness (QED) is 0.855. The SMILES string of the molecule is Cc1ccc(Cl)cc1Oc1cc(N)nc(N)n1. The summed E-state index contributed by atoms with van der Waals surface area (Å²) in [5.74, 6) is 1.22. The summed E-state index contributed by atoms with van der Waals surface area (Å²) in [5.41, 5.74) is 12.0. The first-order chi connectivity index (χ1) is 8.04. The van der Waals surface area contributed by atoms with Gasteiger partial charge in [-0.1, -0.05) is 17.7 Å². The maximum atomic E-state index is 5.88. The zero-order chi connectivity index (χ0) is 12.4. The summed E-state index contributed by atoms with van der Waals surface area (Å²) in [6.45, 7) is 1.90. The minimum absolute atomic E-state index is 0.0691. The third kappa shape index (κ3) is 2.76. The molecule has 0 saturated heterocycles. The van der Waals surface area contributed by atoms with E-state index in [-0.39, 0.29) is 11.8 Å². The highest BCUT2D eigenvalue weighted by molar-refractivity contribution is 6.30. The van der Waals surface area contributed by atoms with Gasteiger partial charge in [0, 0.05) is 11.1 Å². The average Bonchev–Trinajstić information content (AvgIpc) is 2.22. The van der Waals surface area contributed by atoms with Crippen molar-refractivity contribution in [2.75, 3.05) is 11.5 Å². The van der Waals surface area contributed by atoms with E-state index in [1.54, 1.807) is 12.1 Å². The minimum atomic E-state index is 0.0691. The first-order valence-electron chi connectivity index (χ1n) is 4.88. The lowest BCUT2D eigenvalue weighted by Gasteiger charge is -2.08. The number of hydrogen-bond donors (Lipinski definition) is 2. The summed E-state index contributed by atoms with van der Waals surface area (Å²) in [5, 5.41) is 0.584. The highest BCUT2D eigenvalue weighted by Crippen LogP contribution is 2.27. The van der Waals surface area contributed by atoms with E-state index in [1.807, 2.05) is 13.0 Å². The molecule has 1 aromatic carbocycles. The zero-order valence-electron chi connectivity index (χ0n) is 9.14. The largest absolute Gasteiger partial charge is 0.438 e. The van der Waals surface area contributed by atoms with Crippen molar-refractivity contribution in [2.24, 2.45) is 0 Å². The van der Waals surface area contributed by atoms with Gasteiger partial charge in [-0.2, -0.15) is 9.97 Å². The molecule has 17 heavy (non-hydrogen) atoms. The molecule has 0 spiro atoms. The standard InChI is InChI=1S/C11H11ClN4O/c1-6-2-3-7(12)4-8(6)17-10-5-9(13)15-11(14)16-10/h2-5H,1H3,(H4,13,14,15,16). The van der Waals surface area contributed by atoms with Crippen LogP contribution in [0.25, 0.3) is 0 Å². The fourth-order valence-electron chi connectivity index (χ4n) is 1.31. The Balaban J connectivity index is 2.34. The Morgan fingerprint density at radius 1 is 1.18 bits per heavy atom. The number of nitrogens with zero attached hydrogens (tertiary/aromatic N) is 2. The number of ether oxygens (including phenoxy) is 1. The van der Waals surface area contributed by atoms with Crippen LogP contribution in [0, 0.1) is 6.92 Å². The first kappa shape index (κ1) is 11.5. The van der Waals surface area contributed by atoms with E-state index < -0.39 is 0 Å². The molecule has 0 aliphatic heterocycles. The van der Waals surface area contributed by atoms with Crippen LogP contribution in [-0.4, -0.2) is 9.97 Å². The van der Waals surface area contributed by atoms with Gasteiger partial charge >= 0.3 is 0 Å². The lowest BCUT2D eigenvalue weighted by atomic mass is 10.2. The summed E-state index contributed by atoms with van der Waals surface area (Å²) in [7, 11) is 0. The second-order valence-corrected chi connectivity index (χ2v) is 3.94. The molecule has 0 aliphatic carbocycles. The van der Waals surface area contributed by atoms with Crippen molar-refractivity contribution in [3.05, 3.63) is 34.9 Å². The van der Waals surface area contributed by atoms with Crippen molar-refractivity contribution >= 4 is 23.4 Å². The molecule has 5 nitrogen and oxygen atoms in total. The van der Waals surface area contributed by atoms with E-state index in [9.17, 15) is 0 Å². The molecule has 0 atom stereocenters. The van der Waals surface area contributed by atoms with Crippen molar-refractivity contribution in [2.45, 2.75) is 6.92 Å². The maximum Gasteiger partial charge on any atom is 0.226 e. The van der Waals surface area contributed by atoms with Crippen LogP contribution in [0.3, 0.4) is 0 Å². The van der Waals surface area contributed by atoms with Crippen LogP contribution in [0.2, 0.25) is 5.02 Å². The average molecular weight is 251 g/mol. The van der Waals surface area contributed by atoms with E-state index in [1.165, 1.54) is 6.07 Å². The Morgan fingerprint density at radius 3 is 2.65 bits per heavy atom. The Kier molecular flexibility index (Phi) is 3.01. The summed E-state index contributed by atoms with van der Waals surface area (Å²) in [6, 6.07) is 6.83. The van der Waals surface area contributed by atoms with Gasteiger partial charge in [0.05, 0.1) is 0 Å². The van der Waals surface area contributed by atoms with Crippen molar-refractivity contribution in [1.82, 2.24) is 9.97 Å². The molecule has 88 valence electrons. The molecule has 4 N–H and O–H groups in total. The normalized spacial score (nSPS) is 10.2. The predicted octanol–water partition coefficient (Wildman–Crippen LogP) is 2.40. The van der Waals surface area contributed by atoms with Gasteiger partial charge < -0.3 is 16.2 Å². The molecular formula is C11H11ClN4O. The van der Waals surface area contributed by atoms with Gasteiger partial charge in [-0.15, -0.1) is 0 Å². The molecule has 6 heteroatoms. The summed E-state index contributed by atoms with van der Waals surface area (Å²) in [6.07, 6.45) is 0. The predicted molar refractivity (Wildman–Crippen MR) is 67.1 cm³/mol. The number of halogens is 1. The molecule has 0 bridgehead atoms. The number of benzene rings is 1. The summed E-state index contributed by atoms with van der Waals surface area (Å²) < 4.78 is 5.56. The van der Waals surface area contributed by atoms with Crippen LogP contribution in [-0.2, 0) is 0 Å². The van der Waals surface area contributed by atoms with Gasteiger partial charge in [0.2, 0.25) is 11.8 Å². The summed E-state index contributed by atoms with van der Waals surface area (Å²) in [4.78, 5) is 7.68. The van der Waals surface area contributed by atoms with Gasteiger partial charge in [-0.05, 0) is 24.6 Å². The second kappa shape index (κ2) is 4.47. The molecule has 0 unspecified atom stereocenters. The number of aryl methyl sites for hydroxylation is 1. The lowest BCUT2D eigenvalue weighted by molar-refractivity contribution is 0.459. The smallest absolute Gasteiger partial charge is 0.226 e. The zero-order valence-corrected chi connectivity index (χ0v) is 9.90. The van der Waals surface area contributed by atoms with E-state index in [4.69, 9.17) is 27.8 Å². The number of rotatable bonds is 2. The topological polar surface area (TPSA) is 87.0 Å². The molecule has 0 amide bonds. The molecule has 2 aromatic rings. The third-order valence-electron chi connectivity index (χ3n) is 2.10. The molecule has 0 aliphatic rings. The van der Waals surface area contributed by atoms with Crippen molar-refractivity contribution in [1.29, 1.82) is 0 Å². The fraction of sp³-hybridized carbons (Fsp3) is 0.0909. The maximum absolute atomic E-state index is 5.88. The minimum Gasteiger partial charge on any atom is -0.438 e. The van der Waals surface area contributed by atoms with Gasteiger partial charge in [0.15, 0.2) is 0 Å². The van der Waals surface area contributed by atoms with Gasteiger partial charge in [0.25, 0.3) is 0 Å². The lowest BCUT2D eigenvalue weighted by Crippen LogP contribution is -2.01. The number of nitrogen functional groups attached to an aromatic ring is 2. The number of aromatic nitrogens is 2. The Morgan fingerprint density at radius 2 is 1.94 bits per heavy atom. The van der Waals surface area contributed by atoms with Gasteiger partial charge in [-0.3, -0.25) is 0 Å². The first-order valence-corrected chi connectivity index (χ1v) is 5.26. The second-order valence-electron chi connectivity index (χ2n) is 3.50. The van der Waals surface area contributed by atoms with Crippen molar-refractivity contribution < 1.29 is 4.74 Å². The summed E-state index contributed by atoms with van der Waals surface area (Å²) >= 11 is 5.88. The van der Waals surface area contributed by atoms with Crippen LogP contribution < -0.4 is 16.2 Å². The van der Waals surface area contributed by atoms with Gasteiger partial charge in [0.1, 0.15) is 11.6 Å². The number of anilines is 2. The molecule has 1 heterocycles. The van der Waals surface area contributed by atoms with E-state index in [0.29, 0.717) is 16.7 Å². The monoisotopic (exact) mass is 250 g/mol. The highest BCUT2D eigenvalue weighted by Gasteiger charge is 2.05. The molecule has 2 rings (SSSR count). The van der Waals surface area contributed by atoms with E-state index in [0.717, 1.165) is 5.56 Å². The fourth-order valence-corrected chi connectivity index (χ4v) is 1.47. The molecule has 0 fully saturated rings. The number of hydrogen-bond acceptors (Lipinski definition) is 5. The van der Waals surface area contributed by atoms with Gasteiger partial charge in [-0.25, -0.2) is 0 Å². The molecule has 0 radical (unpaired) electrons. The Bertz CT molecular complexity index is 539.